The van der Waals surface area contributed by atoms with Crippen LogP contribution in [-0.2, 0) is 19.4 Å². The Morgan fingerprint density at radius 2 is 1.86 bits per heavy atom. The number of para-hydroxylation sites is 1. The summed E-state index contributed by atoms with van der Waals surface area (Å²) in [5.74, 6) is 0.567. The molecule has 5 rings (SSSR count). The summed E-state index contributed by atoms with van der Waals surface area (Å²) >= 11 is 5.15. The first-order valence-corrected chi connectivity index (χ1v) is 13.7. The van der Waals surface area contributed by atoms with Crippen molar-refractivity contribution in [2.24, 2.45) is 4.99 Å². The van der Waals surface area contributed by atoms with Gasteiger partial charge in [-0.3, -0.25) is 4.79 Å². The molecule has 3 aromatic carbocycles. The van der Waals surface area contributed by atoms with Crippen LogP contribution in [-0.4, -0.2) is 12.1 Å². The van der Waals surface area contributed by atoms with Gasteiger partial charge in [-0.15, -0.1) is 11.3 Å². The van der Waals surface area contributed by atoms with Crippen LogP contribution < -0.4 is 10.1 Å². The van der Waals surface area contributed by atoms with E-state index in [-0.39, 0.29) is 5.91 Å². The summed E-state index contributed by atoms with van der Waals surface area (Å²) in [4.78, 5) is 19.4. The fourth-order valence-corrected chi connectivity index (χ4v) is 5.92. The fraction of sp³-hybridized carbons (Fsp3) is 0.167. The Labute approximate surface area is 228 Å². The smallest absolute Gasteiger partial charge is 0.259 e. The van der Waals surface area contributed by atoms with Gasteiger partial charge in [0.1, 0.15) is 17.4 Å². The molecule has 0 radical (unpaired) electrons. The molecule has 0 aliphatic heterocycles. The molecular weight excluding hydrogens is 546 g/mol. The van der Waals surface area contributed by atoms with Crippen LogP contribution in [0.3, 0.4) is 0 Å². The van der Waals surface area contributed by atoms with E-state index in [1.165, 1.54) is 4.88 Å². The molecule has 184 valence electrons. The van der Waals surface area contributed by atoms with Crippen molar-refractivity contribution < 1.29 is 9.53 Å². The molecule has 0 fully saturated rings. The summed E-state index contributed by atoms with van der Waals surface area (Å²) in [6.07, 6.45) is 5.87. The molecule has 1 heterocycles. The van der Waals surface area contributed by atoms with E-state index in [1.54, 1.807) is 29.7 Å². The second-order valence-corrected chi connectivity index (χ2v) is 10.7. The minimum atomic E-state index is -0.121. The number of ether oxygens (including phenoxy) is 1. The van der Waals surface area contributed by atoms with E-state index >= 15 is 0 Å². The van der Waals surface area contributed by atoms with Gasteiger partial charge < -0.3 is 10.1 Å². The van der Waals surface area contributed by atoms with Crippen LogP contribution in [0.4, 0.5) is 10.7 Å². The third-order valence-corrected chi connectivity index (χ3v) is 7.87. The molecule has 37 heavy (non-hydrogen) atoms. The standard InChI is InChI=1S/C30H24BrN3O2S/c31-23-14-15-26(36-19-21-12-10-20(17-32)11-13-21)22(16-23)18-33-30-28(25-8-4-5-9-27(25)37-30)29(35)34-24-6-2-1-3-7-24/h1-3,6-7,10-16,18H,4-5,8-9,19H2,(H,34,35). The van der Waals surface area contributed by atoms with Gasteiger partial charge in [0.25, 0.3) is 5.91 Å². The van der Waals surface area contributed by atoms with E-state index in [4.69, 9.17) is 15.0 Å². The first kappa shape index (κ1) is 24.9. The molecule has 4 aromatic rings. The van der Waals surface area contributed by atoms with Gasteiger partial charge in [0.15, 0.2) is 0 Å². The maximum atomic E-state index is 13.4. The zero-order chi connectivity index (χ0) is 25.6. The fourth-order valence-electron chi connectivity index (χ4n) is 4.31. The predicted octanol–water partition coefficient (Wildman–Crippen LogP) is 7.84. The molecule has 0 spiro atoms. The third-order valence-electron chi connectivity index (χ3n) is 6.18. The largest absolute Gasteiger partial charge is 0.488 e. The van der Waals surface area contributed by atoms with Crippen molar-refractivity contribution in [1.82, 2.24) is 0 Å². The average molecular weight is 571 g/mol. The van der Waals surface area contributed by atoms with Gasteiger partial charge in [0.05, 0.1) is 17.2 Å². The number of carbonyl (C=O) groups is 1. The number of halogens is 1. The maximum Gasteiger partial charge on any atom is 0.259 e. The molecule has 0 saturated heterocycles. The van der Waals surface area contributed by atoms with Gasteiger partial charge in [-0.2, -0.15) is 5.26 Å². The Morgan fingerprint density at radius 1 is 1.08 bits per heavy atom. The highest BCUT2D eigenvalue weighted by Gasteiger charge is 2.25. The molecule has 5 nitrogen and oxygen atoms in total. The first-order chi connectivity index (χ1) is 18.1. The number of amides is 1. The summed E-state index contributed by atoms with van der Waals surface area (Å²) in [5.41, 5.74) is 4.97. The van der Waals surface area contributed by atoms with E-state index in [0.717, 1.165) is 57.5 Å². The van der Waals surface area contributed by atoms with Gasteiger partial charge in [-0.05, 0) is 79.3 Å². The third kappa shape index (κ3) is 5.99. The number of fused-ring (bicyclic) bond motifs is 1. The van der Waals surface area contributed by atoms with Crippen LogP contribution in [0.25, 0.3) is 0 Å². The van der Waals surface area contributed by atoms with Crippen LogP contribution in [0.1, 0.15) is 50.3 Å². The number of hydrogen-bond acceptors (Lipinski definition) is 5. The molecule has 0 atom stereocenters. The first-order valence-electron chi connectivity index (χ1n) is 12.1. The predicted molar refractivity (Wildman–Crippen MR) is 152 cm³/mol. The number of benzene rings is 3. The molecule has 1 aliphatic carbocycles. The van der Waals surface area contributed by atoms with Crippen molar-refractivity contribution in [3.63, 3.8) is 0 Å². The van der Waals surface area contributed by atoms with Crippen LogP contribution in [0.5, 0.6) is 5.75 Å². The Morgan fingerprint density at radius 3 is 2.65 bits per heavy atom. The van der Waals surface area contributed by atoms with Crippen molar-refractivity contribution in [2.45, 2.75) is 32.3 Å². The van der Waals surface area contributed by atoms with E-state index in [1.807, 2.05) is 60.7 Å². The second-order valence-electron chi connectivity index (χ2n) is 8.75. The van der Waals surface area contributed by atoms with Gasteiger partial charge >= 0.3 is 0 Å². The topological polar surface area (TPSA) is 74.5 Å². The van der Waals surface area contributed by atoms with Gasteiger partial charge in [-0.25, -0.2) is 4.99 Å². The Hall–Kier alpha value is -3.73. The lowest BCUT2D eigenvalue weighted by molar-refractivity contribution is 0.102. The number of aliphatic imine (C=N–C) groups is 1. The Kier molecular flexibility index (Phi) is 7.79. The molecule has 1 aliphatic rings. The van der Waals surface area contributed by atoms with E-state index in [2.05, 4.69) is 27.3 Å². The zero-order valence-corrected chi connectivity index (χ0v) is 22.4. The Bertz CT molecular complexity index is 1490. The summed E-state index contributed by atoms with van der Waals surface area (Å²) in [5, 5.41) is 12.8. The number of thiophene rings is 1. The van der Waals surface area contributed by atoms with Crippen LogP contribution in [0.15, 0.2) is 82.3 Å². The van der Waals surface area contributed by atoms with Gasteiger partial charge in [0, 0.05) is 26.8 Å². The second kappa shape index (κ2) is 11.5. The van der Waals surface area contributed by atoms with Gasteiger partial charge in [-0.1, -0.05) is 46.3 Å². The number of nitrogens with zero attached hydrogens (tertiary/aromatic N) is 2. The normalized spacial score (nSPS) is 12.6. The van der Waals surface area contributed by atoms with E-state index in [0.29, 0.717) is 23.5 Å². The van der Waals surface area contributed by atoms with Crippen LogP contribution >= 0.6 is 27.3 Å². The monoisotopic (exact) mass is 569 g/mol. The summed E-state index contributed by atoms with van der Waals surface area (Å²) in [6.45, 7) is 0.367. The molecule has 0 saturated carbocycles. The van der Waals surface area contributed by atoms with Crippen molar-refractivity contribution in [3.05, 3.63) is 110 Å². The highest BCUT2D eigenvalue weighted by Crippen LogP contribution is 2.40. The maximum absolute atomic E-state index is 13.4. The van der Waals surface area contributed by atoms with Gasteiger partial charge in [0.2, 0.25) is 0 Å². The van der Waals surface area contributed by atoms with E-state index < -0.39 is 0 Å². The van der Waals surface area contributed by atoms with Crippen molar-refractivity contribution >= 4 is 50.1 Å². The van der Waals surface area contributed by atoms with Crippen LogP contribution in [0, 0.1) is 11.3 Å². The lowest BCUT2D eigenvalue weighted by atomic mass is 9.95. The highest BCUT2D eigenvalue weighted by molar-refractivity contribution is 9.10. The number of nitrogens with one attached hydrogen (secondary N) is 1. The number of nitriles is 1. The lowest BCUT2D eigenvalue weighted by Crippen LogP contribution is -2.14. The molecule has 1 aromatic heterocycles. The van der Waals surface area contributed by atoms with Crippen molar-refractivity contribution in [1.29, 1.82) is 5.26 Å². The van der Waals surface area contributed by atoms with Crippen LogP contribution in [0.2, 0.25) is 0 Å². The summed E-state index contributed by atoms with van der Waals surface area (Å²) in [7, 11) is 0. The SMILES string of the molecule is N#Cc1ccc(COc2ccc(Br)cc2C=Nc2sc3c(c2C(=O)Nc2ccccc2)CCCC3)cc1. The molecule has 1 N–H and O–H groups in total. The zero-order valence-electron chi connectivity index (χ0n) is 20.0. The number of rotatable bonds is 7. The quantitative estimate of drug-likeness (QED) is 0.230. The minimum absolute atomic E-state index is 0.121. The molecule has 0 bridgehead atoms. The number of aryl methyl sites for hydroxylation is 1. The highest BCUT2D eigenvalue weighted by atomic mass is 79.9. The molecule has 1 amide bonds. The number of anilines is 1. The number of carbonyl (C=O) groups excluding carboxylic acids is 1. The molecule has 7 heteroatoms. The van der Waals surface area contributed by atoms with E-state index in [9.17, 15) is 4.79 Å². The molecular formula is C30H24BrN3O2S. The summed E-state index contributed by atoms with van der Waals surface area (Å²) < 4.78 is 7.02. The number of hydrogen-bond donors (Lipinski definition) is 1. The Balaban J connectivity index is 1.42. The lowest BCUT2D eigenvalue weighted by Gasteiger charge is -2.13. The molecule has 0 unspecified atom stereocenters. The van der Waals surface area contributed by atoms with Crippen molar-refractivity contribution in [2.75, 3.05) is 5.32 Å². The van der Waals surface area contributed by atoms with Crippen molar-refractivity contribution in [3.8, 4) is 11.8 Å². The average Bonchev–Trinajstić information content (AvgIpc) is 3.31. The minimum Gasteiger partial charge on any atom is -0.488 e. The summed E-state index contributed by atoms with van der Waals surface area (Å²) in [6, 6.07) is 24.8.